The first-order valence-corrected chi connectivity index (χ1v) is 5.09. The summed E-state index contributed by atoms with van der Waals surface area (Å²) in [6.07, 6.45) is 2.36. The minimum atomic E-state index is 0.207. The molecule has 0 amide bonds. The molecule has 0 aliphatic heterocycles. The van der Waals surface area contributed by atoms with Crippen LogP contribution in [0.2, 0.25) is 0 Å². The zero-order valence-electron chi connectivity index (χ0n) is 8.75. The highest BCUT2D eigenvalue weighted by molar-refractivity contribution is 5.80. The van der Waals surface area contributed by atoms with Gasteiger partial charge in [0.15, 0.2) is 0 Å². The van der Waals surface area contributed by atoms with Crippen molar-refractivity contribution in [2.75, 3.05) is 26.2 Å². The number of Topliss-reactive ketones (excluding diaryl/α,β-unsaturated/α-hetero) is 1. The van der Waals surface area contributed by atoms with Crippen LogP contribution in [0.1, 0.15) is 33.1 Å². The average Bonchev–Trinajstić information content (AvgIpc) is 2.12. The number of likely N-dealkylation sites (N-methyl/N-ethyl adjacent to an activating group) is 1. The van der Waals surface area contributed by atoms with E-state index >= 15 is 0 Å². The van der Waals surface area contributed by atoms with Gasteiger partial charge in [-0.15, -0.1) is 0 Å². The molecule has 3 nitrogen and oxygen atoms in total. The fourth-order valence-corrected chi connectivity index (χ4v) is 1.25. The summed E-state index contributed by atoms with van der Waals surface area (Å²) in [5.74, 6) is 0.308. The Balaban J connectivity index is 3.62. The van der Waals surface area contributed by atoms with E-state index in [0.717, 1.165) is 25.9 Å². The first kappa shape index (κ1) is 12.6. The number of hydrogen-bond donors (Lipinski definition) is 1. The second-order valence-corrected chi connectivity index (χ2v) is 3.23. The smallest absolute Gasteiger partial charge is 0.146 e. The summed E-state index contributed by atoms with van der Waals surface area (Å²) in [7, 11) is 0. The summed E-state index contributed by atoms with van der Waals surface area (Å²) in [6, 6.07) is 0. The molecule has 3 heteroatoms. The quantitative estimate of drug-likeness (QED) is 0.617. The van der Waals surface area contributed by atoms with Crippen molar-refractivity contribution in [3.8, 4) is 0 Å². The third-order valence-corrected chi connectivity index (χ3v) is 2.01. The van der Waals surface area contributed by atoms with Crippen molar-refractivity contribution in [1.29, 1.82) is 0 Å². The number of carbonyl (C=O) groups excluding carboxylic acids is 1. The van der Waals surface area contributed by atoms with E-state index in [1.807, 2.05) is 13.8 Å². The van der Waals surface area contributed by atoms with E-state index in [1.165, 1.54) is 0 Å². The topological polar surface area (TPSA) is 40.5 Å². The van der Waals surface area contributed by atoms with Crippen LogP contribution in [-0.2, 0) is 4.79 Å². The second-order valence-electron chi connectivity index (χ2n) is 3.23. The Bertz CT molecular complexity index is 137. The Hall–Kier alpha value is -0.410. The van der Waals surface area contributed by atoms with Crippen molar-refractivity contribution in [3.05, 3.63) is 0 Å². The number of ketones is 1. The second kappa shape index (κ2) is 8.20. The molecular weight excluding hydrogens is 166 g/mol. The van der Waals surface area contributed by atoms with E-state index in [0.29, 0.717) is 18.7 Å². The van der Waals surface area contributed by atoms with Crippen molar-refractivity contribution >= 4 is 5.78 Å². The van der Waals surface area contributed by atoms with Gasteiger partial charge < -0.3 is 5.11 Å². The van der Waals surface area contributed by atoms with Crippen molar-refractivity contribution in [2.24, 2.45) is 0 Å². The lowest BCUT2D eigenvalue weighted by molar-refractivity contribution is -0.120. The molecule has 0 aromatic rings. The Kier molecular flexibility index (Phi) is 7.94. The van der Waals surface area contributed by atoms with E-state index in [2.05, 4.69) is 4.90 Å². The van der Waals surface area contributed by atoms with Gasteiger partial charge in [-0.1, -0.05) is 13.8 Å². The molecule has 0 saturated carbocycles. The van der Waals surface area contributed by atoms with Crippen molar-refractivity contribution in [1.82, 2.24) is 4.90 Å². The van der Waals surface area contributed by atoms with Crippen LogP contribution in [0.25, 0.3) is 0 Å². The fraction of sp³-hybridized carbons (Fsp3) is 0.900. The molecule has 0 spiro atoms. The van der Waals surface area contributed by atoms with Gasteiger partial charge in [0.05, 0.1) is 6.54 Å². The maximum Gasteiger partial charge on any atom is 0.146 e. The molecule has 13 heavy (non-hydrogen) atoms. The lowest BCUT2D eigenvalue weighted by Gasteiger charge is -2.18. The number of carbonyl (C=O) groups is 1. The molecule has 0 atom stereocenters. The fourth-order valence-electron chi connectivity index (χ4n) is 1.25. The third-order valence-electron chi connectivity index (χ3n) is 2.01. The van der Waals surface area contributed by atoms with Crippen LogP contribution in [0, 0.1) is 0 Å². The summed E-state index contributed by atoms with van der Waals surface area (Å²) in [5, 5.41) is 8.64. The van der Waals surface area contributed by atoms with Gasteiger partial charge in [-0.05, 0) is 19.4 Å². The van der Waals surface area contributed by atoms with E-state index < -0.39 is 0 Å². The zero-order chi connectivity index (χ0) is 10.1. The predicted molar refractivity (Wildman–Crippen MR) is 53.7 cm³/mol. The molecule has 0 bridgehead atoms. The first-order valence-electron chi connectivity index (χ1n) is 5.09. The minimum Gasteiger partial charge on any atom is -0.396 e. The summed E-state index contributed by atoms with van der Waals surface area (Å²) < 4.78 is 0. The highest BCUT2D eigenvalue weighted by atomic mass is 16.3. The third kappa shape index (κ3) is 6.72. The van der Waals surface area contributed by atoms with Crippen molar-refractivity contribution < 1.29 is 9.90 Å². The number of rotatable bonds is 8. The highest BCUT2D eigenvalue weighted by Gasteiger charge is 2.07. The summed E-state index contributed by atoms with van der Waals surface area (Å²) in [6.45, 7) is 6.51. The Labute approximate surface area is 80.7 Å². The Morgan fingerprint density at radius 2 is 2.08 bits per heavy atom. The zero-order valence-corrected chi connectivity index (χ0v) is 8.75. The van der Waals surface area contributed by atoms with Gasteiger partial charge in [-0.3, -0.25) is 9.69 Å². The number of aliphatic hydroxyl groups is 1. The number of hydrogen-bond acceptors (Lipinski definition) is 3. The molecule has 0 aliphatic rings. The van der Waals surface area contributed by atoms with Crippen molar-refractivity contribution in [3.63, 3.8) is 0 Å². The van der Waals surface area contributed by atoms with Crippen molar-refractivity contribution in [2.45, 2.75) is 33.1 Å². The SMILES string of the molecule is CCCC(=O)CN(CC)CCCO. The van der Waals surface area contributed by atoms with E-state index in [1.54, 1.807) is 0 Å². The molecule has 1 N–H and O–H groups in total. The first-order chi connectivity index (χ1) is 6.24. The molecule has 0 aromatic carbocycles. The molecule has 0 unspecified atom stereocenters. The van der Waals surface area contributed by atoms with Gasteiger partial charge in [-0.25, -0.2) is 0 Å². The molecular formula is C10H21NO2. The summed E-state index contributed by atoms with van der Waals surface area (Å²) in [4.78, 5) is 13.3. The monoisotopic (exact) mass is 187 g/mol. The van der Waals surface area contributed by atoms with Crippen LogP contribution in [0.15, 0.2) is 0 Å². The lowest BCUT2D eigenvalue weighted by Crippen LogP contribution is -2.31. The van der Waals surface area contributed by atoms with E-state index in [4.69, 9.17) is 5.11 Å². The van der Waals surface area contributed by atoms with Crippen LogP contribution in [0.3, 0.4) is 0 Å². The van der Waals surface area contributed by atoms with Crippen LogP contribution < -0.4 is 0 Å². The minimum absolute atomic E-state index is 0.207. The molecule has 0 aliphatic carbocycles. The molecule has 0 aromatic heterocycles. The van der Waals surface area contributed by atoms with E-state index in [-0.39, 0.29) is 6.61 Å². The maximum atomic E-state index is 11.3. The number of nitrogens with zero attached hydrogens (tertiary/aromatic N) is 1. The maximum absolute atomic E-state index is 11.3. The highest BCUT2D eigenvalue weighted by Crippen LogP contribution is 1.95. The van der Waals surface area contributed by atoms with Gasteiger partial charge in [-0.2, -0.15) is 0 Å². The predicted octanol–water partition coefficient (Wildman–Crippen LogP) is 1.06. The standard InChI is InChI=1S/C10H21NO2/c1-3-6-10(13)9-11(4-2)7-5-8-12/h12H,3-9H2,1-2H3. The van der Waals surface area contributed by atoms with Gasteiger partial charge in [0, 0.05) is 19.6 Å². The van der Waals surface area contributed by atoms with Crippen LogP contribution >= 0.6 is 0 Å². The van der Waals surface area contributed by atoms with Gasteiger partial charge in [0.25, 0.3) is 0 Å². The largest absolute Gasteiger partial charge is 0.396 e. The summed E-state index contributed by atoms with van der Waals surface area (Å²) in [5.41, 5.74) is 0. The van der Waals surface area contributed by atoms with Gasteiger partial charge in [0.2, 0.25) is 0 Å². The van der Waals surface area contributed by atoms with Crippen LogP contribution in [0.4, 0.5) is 0 Å². The van der Waals surface area contributed by atoms with Crippen LogP contribution in [-0.4, -0.2) is 42.0 Å². The molecule has 78 valence electrons. The normalized spacial score (nSPS) is 10.8. The van der Waals surface area contributed by atoms with E-state index in [9.17, 15) is 4.79 Å². The molecule has 0 radical (unpaired) electrons. The number of aliphatic hydroxyl groups excluding tert-OH is 1. The molecule has 0 fully saturated rings. The average molecular weight is 187 g/mol. The Morgan fingerprint density at radius 3 is 2.54 bits per heavy atom. The van der Waals surface area contributed by atoms with Gasteiger partial charge in [0.1, 0.15) is 5.78 Å². The molecule has 0 saturated heterocycles. The Morgan fingerprint density at radius 1 is 1.38 bits per heavy atom. The van der Waals surface area contributed by atoms with Crippen LogP contribution in [0.5, 0.6) is 0 Å². The summed E-state index contributed by atoms with van der Waals surface area (Å²) >= 11 is 0. The lowest BCUT2D eigenvalue weighted by atomic mass is 10.2. The van der Waals surface area contributed by atoms with Gasteiger partial charge >= 0.3 is 0 Å². The molecule has 0 heterocycles. The molecule has 0 rings (SSSR count).